The quantitative estimate of drug-likeness (QED) is 0.356. The van der Waals surface area contributed by atoms with E-state index in [-0.39, 0.29) is 0 Å². The van der Waals surface area contributed by atoms with Crippen LogP contribution in [0.2, 0.25) is 0 Å². The summed E-state index contributed by atoms with van der Waals surface area (Å²) in [5.74, 6) is 2.72. The van der Waals surface area contributed by atoms with Gasteiger partial charge in [0.15, 0.2) is 0 Å². The van der Waals surface area contributed by atoms with Crippen LogP contribution in [0.1, 0.15) is 37.3 Å². The number of rotatable bonds is 3. The predicted octanol–water partition coefficient (Wildman–Crippen LogP) is 4.34. The van der Waals surface area contributed by atoms with E-state index in [0.717, 1.165) is 17.7 Å². The zero-order chi connectivity index (χ0) is 15.5. The van der Waals surface area contributed by atoms with Crippen LogP contribution >= 0.6 is 22.6 Å². The van der Waals surface area contributed by atoms with E-state index in [2.05, 4.69) is 58.8 Å². The van der Waals surface area contributed by atoms with Crippen molar-refractivity contribution in [2.45, 2.75) is 39.0 Å². The van der Waals surface area contributed by atoms with E-state index in [1.807, 2.05) is 6.92 Å². The van der Waals surface area contributed by atoms with E-state index in [0.29, 0.717) is 11.0 Å². The van der Waals surface area contributed by atoms with E-state index in [1.165, 1.54) is 19.3 Å². The number of carbonyl (C=O) groups is 1. The lowest BCUT2D eigenvalue weighted by molar-refractivity contribution is 0.165. The number of alkyl halides is 1. The highest BCUT2D eigenvalue weighted by Gasteiger charge is 2.07. The zero-order valence-corrected chi connectivity index (χ0v) is 14.6. The normalized spacial score (nSPS) is 11.5. The molecule has 0 unspecified atom stereocenters. The van der Waals surface area contributed by atoms with E-state index < -0.39 is 6.09 Å². The third-order valence-electron chi connectivity index (χ3n) is 3.26. The maximum Gasteiger partial charge on any atom is 0.419 e. The van der Waals surface area contributed by atoms with Gasteiger partial charge in [-0.1, -0.05) is 66.1 Å². The molecule has 0 fully saturated rings. The Kier molecular flexibility index (Phi) is 8.91. The van der Waals surface area contributed by atoms with Gasteiger partial charge in [-0.3, -0.25) is 0 Å². The van der Waals surface area contributed by atoms with Crippen molar-refractivity contribution in [1.29, 1.82) is 0 Å². The number of hydrogen-bond donors (Lipinski definition) is 1. The number of carboxylic acid groups (broad SMARTS) is 1. The Hall–Kier alpha value is -1.22. The molecule has 0 spiro atoms. The van der Waals surface area contributed by atoms with Gasteiger partial charge in [0.2, 0.25) is 0 Å². The monoisotopic (exact) mass is 399 g/mol. The van der Waals surface area contributed by atoms with Gasteiger partial charge >= 0.3 is 6.09 Å². The fraction of sp³-hybridized carbons (Fsp3) is 0.471. The molecule has 1 amide bonds. The first-order chi connectivity index (χ1) is 10.2. The molecule has 1 aliphatic rings. The first kappa shape index (κ1) is 17.8. The third kappa shape index (κ3) is 6.85. The van der Waals surface area contributed by atoms with Crippen LogP contribution in [0.3, 0.4) is 0 Å². The highest BCUT2D eigenvalue weighted by atomic mass is 127. The molecule has 2 rings (SSSR count). The number of halogens is 1. The summed E-state index contributed by atoms with van der Waals surface area (Å²) in [7, 11) is 0. The third-order valence-corrected chi connectivity index (χ3v) is 3.64. The number of nitrogens with zero attached hydrogens (tertiary/aromatic N) is 1. The molecule has 1 aromatic rings. The summed E-state index contributed by atoms with van der Waals surface area (Å²) in [6.07, 6.45) is 4.85. The van der Waals surface area contributed by atoms with Crippen LogP contribution in [0.15, 0.2) is 24.3 Å². The van der Waals surface area contributed by atoms with Gasteiger partial charge in [0.1, 0.15) is 0 Å². The summed E-state index contributed by atoms with van der Waals surface area (Å²) in [4.78, 5) is 11.7. The van der Waals surface area contributed by atoms with Crippen molar-refractivity contribution >= 4 is 28.7 Å². The van der Waals surface area contributed by atoms with Gasteiger partial charge in [-0.15, -0.1) is 0 Å². The lowest BCUT2D eigenvalue weighted by Crippen LogP contribution is -2.25. The molecule has 3 nitrogen and oxygen atoms in total. The average Bonchev–Trinajstić information content (AvgIpc) is 2.96. The Labute approximate surface area is 140 Å². The molecule has 114 valence electrons. The van der Waals surface area contributed by atoms with E-state index >= 15 is 0 Å². The van der Waals surface area contributed by atoms with Crippen molar-refractivity contribution in [3.63, 3.8) is 0 Å². The summed E-state index contributed by atoms with van der Waals surface area (Å²) < 4.78 is 0.660. The minimum Gasteiger partial charge on any atom is -0.464 e. The maximum absolute atomic E-state index is 10.5. The summed E-state index contributed by atoms with van der Waals surface area (Å²) in [6.45, 7) is 2.53. The van der Waals surface area contributed by atoms with Crippen LogP contribution in [-0.4, -0.2) is 27.1 Å². The van der Waals surface area contributed by atoms with Crippen molar-refractivity contribution in [2.24, 2.45) is 0 Å². The van der Waals surface area contributed by atoms with Gasteiger partial charge in [-0.05, 0) is 36.8 Å². The number of amides is 1. The van der Waals surface area contributed by atoms with E-state index in [4.69, 9.17) is 5.11 Å². The van der Waals surface area contributed by atoms with Crippen LogP contribution in [0.25, 0.3) is 0 Å². The highest BCUT2D eigenvalue weighted by molar-refractivity contribution is 14.1. The maximum atomic E-state index is 10.5. The van der Waals surface area contributed by atoms with Crippen LogP contribution in [0, 0.1) is 12.0 Å². The predicted molar refractivity (Wildman–Crippen MR) is 94.8 cm³/mol. The van der Waals surface area contributed by atoms with Gasteiger partial charge in [0.05, 0.1) is 4.43 Å². The number of unbranched alkanes of at least 4 members (excludes halogenated alkanes) is 1. The Morgan fingerprint density at radius 2 is 1.95 bits per heavy atom. The molecule has 0 saturated heterocycles. The highest BCUT2D eigenvalue weighted by Crippen LogP contribution is 2.20. The topological polar surface area (TPSA) is 40.5 Å². The fourth-order valence-electron chi connectivity index (χ4n) is 2.16. The molecule has 0 radical (unpaired) electrons. The molecule has 0 heterocycles. The van der Waals surface area contributed by atoms with Gasteiger partial charge in [0.25, 0.3) is 0 Å². The van der Waals surface area contributed by atoms with Gasteiger partial charge in [-0.2, -0.15) is 0 Å². The standard InChI is InChI=1S/C9H10.C8H12INO2/c1-2-5-9-7-3-6-8(9)4-1;1-2-3-6-10(8(11)12)7-4-5-9/h1-2,4-5H,3,6-7H2;2-3,5-6H2,1H3,(H,11,12). The Morgan fingerprint density at radius 3 is 2.43 bits per heavy atom. The second-order valence-corrected chi connectivity index (χ2v) is 5.60. The Morgan fingerprint density at radius 1 is 1.33 bits per heavy atom. The Balaban J connectivity index is 0.000000216. The molecule has 0 aromatic heterocycles. The number of hydrogen-bond acceptors (Lipinski definition) is 1. The minimum absolute atomic E-state index is 0.509. The molecule has 0 aliphatic heterocycles. The van der Waals surface area contributed by atoms with Crippen LogP contribution in [0.4, 0.5) is 4.79 Å². The number of aryl methyl sites for hydroxylation is 2. The second-order valence-electron chi connectivity index (χ2n) is 4.83. The molecule has 1 aliphatic carbocycles. The molecule has 1 aromatic carbocycles. The number of fused-ring (bicyclic) bond motifs is 1. The smallest absolute Gasteiger partial charge is 0.419 e. The first-order valence-corrected chi connectivity index (χ1v) is 8.83. The molecule has 0 atom stereocenters. The van der Waals surface area contributed by atoms with Gasteiger partial charge in [0, 0.05) is 12.6 Å². The Bertz CT molecular complexity index is 482. The van der Waals surface area contributed by atoms with Crippen molar-refractivity contribution in [1.82, 2.24) is 4.90 Å². The lowest BCUT2D eigenvalue weighted by atomic mass is 10.1. The average molecular weight is 399 g/mol. The van der Waals surface area contributed by atoms with Crippen molar-refractivity contribution in [2.75, 3.05) is 11.0 Å². The zero-order valence-electron chi connectivity index (χ0n) is 12.4. The first-order valence-electron chi connectivity index (χ1n) is 7.30. The molecular weight excluding hydrogens is 377 g/mol. The van der Waals surface area contributed by atoms with Crippen LogP contribution < -0.4 is 0 Å². The molecule has 4 heteroatoms. The van der Waals surface area contributed by atoms with Crippen molar-refractivity contribution in [3.05, 3.63) is 35.4 Å². The summed E-state index contributed by atoms with van der Waals surface area (Å²) >= 11 is 2.09. The molecule has 21 heavy (non-hydrogen) atoms. The summed E-state index contributed by atoms with van der Waals surface area (Å²) in [5, 5.41) is 8.65. The largest absolute Gasteiger partial charge is 0.464 e. The summed E-state index contributed by atoms with van der Waals surface area (Å²) in [6, 6.07) is 11.3. The second kappa shape index (κ2) is 10.5. The van der Waals surface area contributed by atoms with Gasteiger partial charge < -0.3 is 5.11 Å². The van der Waals surface area contributed by atoms with E-state index in [1.54, 1.807) is 11.1 Å². The molecule has 1 N–H and O–H groups in total. The fourth-order valence-corrected chi connectivity index (χ4v) is 2.33. The lowest BCUT2D eigenvalue weighted by Gasteiger charge is -2.09. The van der Waals surface area contributed by atoms with Crippen LogP contribution in [-0.2, 0) is 12.8 Å². The van der Waals surface area contributed by atoms with Gasteiger partial charge in [-0.25, -0.2) is 9.69 Å². The summed E-state index contributed by atoms with van der Waals surface area (Å²) in [5.41, 5.74) is 3.13. The van der Waals surface area contributed by atoms with Crippen molar-refractivity contribution < 1.29 is 9.90 Å². The number of benzene rings is 1. The molecule has 0 bridgehead atoms. The van der Waals surface area contributed by atoms with Crippen molar-refractivity contribution in [3.8, 4) is 12.0 Å². The molecular formula is C17H22INO2. The molecule has 0 saturated carbocycles. The SMILES string of the molecule is CCCCN(C#CCI)C(=O)O.c1ccc2c(c1)CCC2. The minimum atomic E-state index is -0.958. The van der Waals surface area contributed by atoms with Crippen LogP contribution in [0.5, 0.6) is 0 Å². The van der Waals surface area contributed by atoms with E-state index in [9.17, 15) is 4.79 Å².